The van der Waals surface area contributed by atoms with Crippen molar-refractivity contribution >= 4 is 11.6 Å². The highest BCUT2D eigenvalue weighted by Gasteiger charge is 2.14. The van der Waals surface area contributed by atoms with Gasteiger partial charge in [-0.2, -0.15) is 0 Å². The Balaban J connectivity index is 2.34. The Hall–Kier alpha value is -2.22. The van der Waals surface area contributed by atoms with E-state index in [1.165, 1.54) is 5.56 Å². The van der Waals surface area contributed by atoms with Gasteiger partial charge in [-0.05, 0) is 36.1 Å². The fourth-order valence-electron chi connectivity index (χ4n) is 2.84. The largest absolute Gasteiger partial charge is 0.294 e. The first-order valence-corrected chi connectivity index (χ1v) is 8.30. The van der Waals surface area contributed by atoms with Crippen molar-refractivity contribution in [2.45, 2.75) is 46.5 Å². The number of Topliss-reactive ketones (excluding diaryl/α,β-unsaturated/α-hetero) is 2. The Bertz CT molecular complexity index is 714. The summed E-state index contributed by atoms with van der Waals surface area (Å²) in [4.78, 5) is 24.6. The van der Waals surface area contributed by atoms with Crippen molar-refractivity contribution in [2.75, 3.05) is 0 Å². The second-order valence-corrected chi connectivity index (χ2v) is 5.93. The van der Waals surface area contributed by atoms with Gasteiger partial charge in [-0.1, -0.05) is 56.7 Å². The maximum atomic E-state index is 12.7. The van der Waals surface area contributed by atoms with Crippen LogP contribution in [0.15, 0.2) is 42.5 Å². The van der Waals surface area contributed by atoms with Crippen LogP contribution in [0.4, 0.5) is 0 Å². The van der Waals surface area contributed by atoms with E-state index in [-0.39, 0.29) is 11.6 Å². The van der Waals surface area contributed by atoms with Gasteiger partial charge in [0.2, 0.25) is 0 Å². The predicted molar refractivity (Wildman–Crippen MR) is 94.3 cm³/mol. The fraction of sp³-hybridized carbons (Fsp3) is 0.333. The third kappa shape index (κ3) is 4.16. The maximum absolute atomic E-state index is 12.7. The van der Waals surface area contributed by atoms with Crippen molar-refractivity contribution in [3.05, 3.63) is 70.3 Å². The van der Waals surface area contributed by atoms with Crippen LogP contribution in [0.2, 0.25) is 0 Å². The summed E-state index contributed by atoms with van der Waals surface area (Å²) in [5, 5.41) is 0. The molecule has 0 aliphatic carbocycles. The minimum Gasteiger partial charge on any atom is -0.294 e. The summed E-state index contributed by atoms with van der Waals surface area (Å²) in [6.07, 6.45) is 2.78. The third-order valence-electron chi connectivity index (χ3n) is 4.17. The summed E-state index contributed by atoms with van der Waals surface area (Å²) in [7, 11) is 0. The number of hydrogen-bond donors (Lipinski definition) is 0. The summed E-state index contributed by atoms with van der Waals surface area (Å²) >= 11 is 0. The normalized spacial score (nSPS) is 10.6. The lowest BCUT2D eigenvalue weighted by Crippen LogP contribution is -2.09. The SMILES string of the molecule is CCCc1ccc(C(=O)CC)cc1CC(=O)c1ccccc1C. The molecule has 0 bridgehead atoms. The monoisotopic (exact) mass is 308 g/mol. The van der Waals surface area contributed by atoms with E-state index in [1.807, 2.05) is 56.3 Å². The number of carbonyl (C=O) groups excluding carboxylic acids is 2. The molecule has 0 aliphatic rings. The average Bonchev–Trinajstić information content (AvgIpc) is 2.56. The molecule has 2 aromatic rings. The number of hydrogen-bond acceptors (Lipinski definition) is 2. The lowest BCUT2D eigenvalue weighted by atomic mass is 9.92. The van der Waals surface area contributed by atoms with Gasteiger partial charge in [0.15, 0.2) is 11.6 Å². The van der Waals surface area contributed by atoms with Gasteiger partial charge < -0.3 is 0 Å². The molecule has 0 heterocycles. The molecule has 0 saturated heterocycles. The molecular formula is C21H24O2. The molecule has 2 rings (SSSR count). The second kappa shape index (κ2) is 7.87. The predicted octanol–water partition coefficient (Wildman–Crippen LogP) is 4.97. The molecule has 0 N–H and O–H groups in total. The first kappa shape index (κ1) is 17.1. The molecule has 0 amide bonds. The molecule has 23 heavy (non-hydrogen) atoms. The summed E-state index contributed by atoms with van der Waals surface area (Å²) < 4.78 is 0. The quantitative estimate of drug-likeness (QED) is 0.677. The molecule has 0 radical (unpaired) electrons. The van der Waals surface area contributed by atoms with E-state index in [0.717, 1.165) is 29.5 Å². The van der Waals surface area contributed by atoms with Crippen LogP contribution in [-0.4, -0.2) is 11.6 Å². The molecule has 0 saturated carbocycles. The van der Waals surface area contributed by atoms with Gasteiger partial charge in [0.05, 0.1) is 0 Å². The summed E-state index contributed by atoms with van der Waals surface area (Å²) in [5.74, 6) is 0.235. The molecule has 0 atom stereocenters. The number of aryl methyl sites for hydroxylation is 2. The number of carbonyl (C=O) groups is 2. The molecule has 2 heteroatoms. The summed E-state index contributed by atoms with van der Waals surface area (Å²) in [6, 6.07) is 13.5. The maximum Gasteiger partial charge on any atom is 0.167 e. The average molecular weight is 308 g/mol. The Morgan fingerprint density at radius 1 is 0.913 bits per heavy atom. The molecule has 0 aromatic heterocycles. The third-order valence-corrected chi connectivity index (χ3v) is 4.17. The van der Waals surface area contributed by atoms with Crippen LogP contribution in [0.3, 0.4) is 0 Å². The highest BCUT2D eigenvalue weighted by molar-refractivity contribution is 6.00. The molecule has 0 unspecified atom stereocenters. The fourth-order valence-corrected chi connectivity index (χ4v) is 2.84. The van der Waals surface area contributed by atoms with E-state index in [0.29, 0.717) is 18.4 Å². The second-order valence-electron chi connectivity index (χ2n) is 5.93. The van der Waals surface area contributed by atoms with Gasteiger partial charge in [-0.3, -0.25) is 9.59 Å². The van der Waals surface area contributed by atoms with Crippen molar-refractivity contribution in [2.24, 2.45) is 0 Å². The molecule has 0 spiro atoms. The minimum absolute atomic E-state index is 0.113. The first-order chi connectivity index (χ1) is 11.1. The van der Waals surface area contributed by atoms with E-state index >= 15 is 0 Å². The smallest absolute Gasteiger partial charge is 0.167 e. The van der Waals surface area contributed by atoms with E-state index in [4.69, 9.17) is 0 Å². The van der Waals surface area contributed by atoms with Gasteiger partial charge >= 0.3 is 0 Å². The number of ketones is 2. The van der Waals surface area contributed by atoms with Crippen molar-refractivity contribution in [1.29, 1.82) is 0 Å². The van der Waals surface area contributed by atoms with Crippen LogP contribution in [0.1, 0.15) is 64.1 Å². The highest BCUT2D eigenvalue weighted by Crippen LogP contribution is 2.19. The Labute approximate surface area is 138 Å². The van der Waals surface area contributed by atoms with Gasteiger partial charge in [0, 0.05) is 24.0 Å². The summed E-state index contributed by atoms with van der Waals surface area (Å²) in [6.45, 7) is 5.94. The first-order valence-electron chi connectivity index (χ1n) is 8.30. The van der Waals surface area contributed by atoms with E-state index in [9.17, 15) is 9.59 Å². The molecule has 2 aromatic carbocycles. The number of benzene rings is 2. The molecule has 0 fully saturated rings. The van der Waals surface area contributed by atoms with Crippen LogP contribution >= 0.6 is 0 Å². The lowest BCUT2D eigenvalue weighted by Gasteiger charge is -2.11. The standard InChI is InChI=1S/C21H24O2/c1-4-8-16-11-12-17(20(22)5-2)13-18(16)14-21(23)19-10-7-6-9-15(19)3/h6-7,9-13H,4-5,8,14H2,1-3H3. The molecule has 2 nitrogen and oxygen atoms in total. The zero-order valence-corrected chi connectivity index (χ0v) is 14.2. The van der Waals surface area contributed by atoms with Gasteiger partial charge in [-0.25, -0.2) is 0 Å². The zero-order valence-electron chi connectivity index (χ0n) is 14.2. The van der Waals surface area contributed by atoms with Crippen LogP contribution in [-0.2, 0) is 12.8 Å². The molecular weight excluding hydrogens is 284 g/mol. The van der Waals surface area contributed by atoms with Crippen LogP contribution in [0.25, 0.3) is 0 Å². The van der Waals surface area contributed by atoms with Crippen molar-refractivity contribution in [1.82, 2.24) is 0 Å². The summed E-state index contributed by atoms with van der Waals surface area (Å²) in [5.41, 5.74) is 4.62. The lowest BCUT2D eigenvalue weighted by molar-refractivity contribution is 0.0978. The molecule has 120 valence electrons. The van der Waals surface area contributed by atoms with Crippen LogP contribution in [0.5, 0.6) is 0 Å². The van der Waals surface area contributed by atoms with Crippen LogP contribution < -0.4 is 0 Å². The topological polar surface area (TPSA) is 34.1 Å². The van der Waals surface area contributed by atoms with Gasteiger partial charge in [0.25, 0.3) is 0 Å². The van der Waals surface area contributed by atoms with Gasteiger partial charge in [0.1, 0.15) is 0 Å². The molecule has 0 aliphatic heterocycles. The van der Waals surface area contributed by atoms with Crippen molar-refractivity contribution < 1.29 is 9.59 Å². The van der Waals surface area contributed by atoms with Crippen molar-refractivity contribution in [3.63, 3.8) is 0 Å². The Morgan fingerprint density at radius 3 is 2.30 bits per heavy atom. The highest BCUT2D eigenvalue weighted by atomic mass is 16.1. The van der Waals surface area contributed by atoms with E-state index in [2.05, 4.69) is 6.92 Å². The van der Waals surface area contributed by atoms with E-state index < -0.39 is 0 Å². The van der Waals surface area contributed by atoms with Gasteiger partial charge in [-0.15, -0.1) is 0 Å². The Kier molecular flexibility index (Phi) is 5.86. The van der Waals surface area contributed by atoms with Crippen LogP contribution in [0, 0.1) is 6.92 Å². The van der Waals surface area contributed by atoms with E-state index in [1.54, 1.807) is 0 Å². The minimum atomic E-state index is 0.113. The van der Waals surface area contributed by atoms with Crippen molar-refractivity contribution in [3.8, 4) is 0 Å². The zero-order chi connectivity index (χ0) is 16.8. The Morgan fingerprint density at radius 2 is 1.65 bits per heavy atom. The number of rotatable bonds is 7.